The molecular formula is C12H13IN2. The predicted molar refractivity (Wildman–Crippen MR) is 74.4 cm³/mol. The molecule has 0 aliphatic rings. The number of hydrogen-bond acceptors (Lipinski definition) is 2. The molecule has 0 saturated heterocycles. The Kier molecular flexibility index (Phi) is 4.97. The number of nitrogen functional groups attached to an aromatic ring is 2. The maximum Gasteiger partial charge on any atom is 0.0314 e. The first-order chi connectivity index (χ1) is 7.18. The molecule has 2 rings (SSSR count). The van der Waals surface area contributed by atoms with E-state index in [0.29, 0.717) is 0 Å². The largest absolute Gasteiger partial charge is 0.399 e. The third-order valence-corrected chi connectivity index (χ3v) is 2.39. The van der Waals surface area contributed by atoms with Crippen LogP contribution in [0.25, 0.3) is 0 Å². The van der Waals surface area contributed by atoms with Crippen LogP contribution in [0.2, 0.25) is 0 Å². The van der Waals surface area contributed by atoms with Crippen LogP contribution < -0.4 is 11.5 Å². The normalized spacial score (nSPS) is 8.87. The van der Waals surface area contributed by atoms with Crippen LogP contribution in [0.3, 0.4) is 0 Å². The molecule has 2 nitrogen and oxygen atoms in total. The Hall–Kier alpha value is -1.23. The highest BCUT2D eigenvalue weighted by Crippen LogP contribution is 2.06. The van der Waals surface area contributed by atoms with Gasteiger partial charge in [-0.3, -0.25) is 0 Å². The van der Waals surface area contributed by atoms with Gasteiger partial charge < -0.3 is 11.5 Å². The van der Waals surface area contributed by atoms with Gasteiger partial charge in [-0.25, -0.2) is 0 Å². The molecule has 0 aliphatic heterocycles. The van der Waals surface area contributed by atoms with Crippen LogP contribution in [0, 0.1) is 3.57 Å². The van der Waals surface area contributed by atoms with Gasteiger partial charge in [0.05, 0.1) is 0 Å². The third kappa shape index (κ3) is 5.27. The maximum absolute atomic E-state index is 5.42. The molecule has 3 heteroatoms. The van der Waals surface area contributed by atoms with Crippen molar-refractivity contribution in [2.24, 2.45) is 0 Å². The number of para-hydroxylation sites is 1. The lowest BCUT2D eigenvalue weighted by Gasteiger charge is -1.89. The number of rotatable bonds is 0. The number of benzene rings is 2. The summed E-state index contributed by atoms with van der Waals surface area (Å²) in [7, 11) is 0. The Morgan fingerprint density at radius 2 is 1.13 bits per heavy atom. The van der Waals surface area contributed by atoms with E-state index in [9.17, 15) is 0 Å². The van der Waals surface area contributed by atoms with E-state index >= 15 is 0 Å². The summed E-state index contributed by atoms with van der Waals surface area (Å²) in [5.41, 5.74) is 12.4. The monoisotopic (exact) mass is 312 g/mol. The molecule has 0 radical (unpaired) electrons. The van der Waals surface area contributed by atoms with Crippen molar-refractivity contribution in [3.63, 3.8) is 0 Å². The zero-order chi connectivity index (χ0) is 11.1. The first kappa shape index (κ1) is 11.8. The molecule has 0 unspecified atom stereocenters. The molecule has 2 aromatic rings. The van der Waals surface area contributed by atoms with E-state index in [1.165, 1.54) is 3.57 Å². The van der Waals surface area contributed by atoms with Crippen molar-refractivity contribution >= 4 is 34.0 Å². The van der Waals surface area contributed by atoms with Gasteiger partial charge in [0.2, 0.25) is 0 Å². The Bertz CT molecular complexity index is 363. The standard InChI is InChI=1S/C6H6IN.C6H7N/c7-5-1-3-6(8)4-2-5;7-6-4-2-1-3-5-6/h1-4H,8H2;1-5H,7H2. The minimum atomic E-state index is 0.822. The molecule has 0 heterocycles. The van der Waals surface area contributed by atoms with Crippen LogP contribution in [0.5, 0.6) is 0 Å². The summed E-state index contributed by atoms with van der Waals surface area (Å²) in [6, 6.07) is 17.2. The quantitative estimate of drug-likeness (QED) is 0.580. The number of nitrogens with two attached hydrogens (primary N) is 2. The fourth-order valence-electron chi connectivity index (χ4n) is 0.916. The Morgan fingerprint density at radius 1 is 0.667 bits per heavy atom. The van der Waals surface area contributed by atoms with E-state index in [1.54, 1.807) is 0 Å². The van der Waals surface area contributed by atoms with Gasteiger partial charge >= 0.3 is 0 Å². The summed E-state index contributed by atoms with van der Waals surface area (Å²) in [6.07, 6.45) is 0. The molecule has 15 heavy (non-hydrogen) atoms. The van der Waals surface area contributed by atoms with Crippen LogP contribution in [0.15, 0.2) is 54.6 Å². The van der Waals surface area contributed by atoms with Crippen LogP contribution in [0.4, 0.5) is 11.4 Å². The topological polar surface area (TPSA) is 52.0 Å². The molecule has 0 atom stereocenters. The number of halogens is 1. The van der Waals surface area contributed by atoms with Crippen LogP contribution in [-0.2, 0) is 0 Å². The summed E-state index contributed by atoms with van der Waals surface area (Å²) < 4.78 is 1.22. The lowest BCUT2D eigenvalue weighted by atomic mass is 10.3. The van der Waals surface area contributed by atoms with Crippen molar-refractivity contribution in [2.45, 2.75) is 0 Å². The van der Waals surface area contributed by atoms with Crippen molar-refractivity contribution in [2.75, 3.05) is 11.5 Å². The smallest absolute Gasteiger partial charge is 0.0314 e. The van der Waals surface area contributed by atoms with Crippen LogP contribution in [0.1, 0.15) is 0 Å². The zero-order valence-corrected chi connectivity index (χ0v) is 10.4. The first-order valence-corrected chi connectivity index (χ1v) is 5.58. The van der Waals surface area contributed by atoms with E-state index in [-0.39, 0.29) is 0 Å². The van der Waals surface area contributed by atoms with E-state index < -0.39 is 0 Å². The lowest BCUT2D eigenvalue weighted by molar-refractivity contribution is 1.63. The summed E-state index contributed by atoms with van der Waals surface area (Å²) in [5, 5.41) is 0. The van der Waals surface area contributed by atoms with Crippen molar-refractivity contribution in [3.05, 3.63) is 58.2 Å². The average Bonchev–Trinajstić information content (AvgIpc) is 2.25. The molecule has 0 amide bonds. The van der Waals surface area contributed by atoms with E-state index in [2.05, 4.69) is 22.6 Å². The molecule has 0 aliphatic carbocycles. The second-order valence-electron chi connectivity index (χ2n) is 2.96. The molecule has 0 fully saturated rings. The van der Waals surface area contributed by atoms with Crippen LogP contribution >= 0.6 is 22.6 Å². The Labute approximate surface area is 103 Å². The van der Waals surface area contributed by atoms with Gasteiger partial charge in [0.25, 0.3) is 0 Å². The molecule has 4 N–H and O–H groups in total. The van der Waals surface area contributed by atoms with Gasteiger partial charge in [-0.15, -0.1) is 0 Å². The highest BCUT2D eigenvalue weighted by atomic mass is 127. The number of hydrogen-bond donors (Lipinski definition) is 2. The van der Waals surface area contributed by atoms with E-state index in [1.807, 2.05) is 54.6 Å². The van der Waals surface area contributed by atoms with Crippen molar-refractivity contribution in [3.8, 4) is 0 Å². The first-order valence-electron chi connectivity index (χ1n) is 4.50. The summed E-state index contributed by atoms with van der Waals surface area (Å²) >= 11 is 2.24. The Balaban J connectivity index is 0.000000151. The SMILES string of the molecule is Nc1ccc(I)cc1.Nc1ccccc1. The van der Waals surface area contributed by atoms with Gasteiger partial charge in [0.1, 0.15) is 0 Å². The predicted octanol–water partition coefficient (Wildman–Crippen LogP) is 3.14. The minimum Gasteiger partial charge on any atom is -0.399 e. The van der Waals surface area contributed by atoms with Crippen LogP contribution in [-0.4, -0.2) is 0 Å². The molecule has 0 spiro atoms. The minimum absolute atomic E-state index is 0.822. The average molecular weight is 312 g/mol. The summed E-state index contributed by atoms with van der Waals surface area (Å²) in [5.74, 6) is 0. The fourth-order valence-corrected chi connectivity index (χ4v) is 1.28. The number of anilines is 2. The second kappa shape index (κ2) is 6.29. The molecule has 0 bridgehead atoms. The van der Waals surface area contributed by atoms with Crippen molar-refractivity contribution in [1.29, 1.82) is 0 Å². The highest BCUT2D eigenvalue weighted by Gasteiger charge is 1.81. The highest BCUT2D eigenvalue weighted by molar-refractivity contribution is 14.1. The second-order valence-corrected chi connectivity index (χ2v) is 4.21. The fraction of sp³-hybridized carbons (Fsp3) is 0. The summed E-state index contributed by atoms with van der Waals surface area (Å²) in [6.45, 7) is 0. The molecular weight excluding hydrogens is 299 g/mol. The third-order valence-electron chi connectivity index (χ3n) is 1.67. The van der Waals surface area contributed by atoms with Crippen molar-refractivity contribution in [1.82, 2.24) is 0 Å². The molecule has 0 aromatic heterocycles. The van der Waals surface area contributed by atoms with E-state index in [0.717, 1.165) is 11.4 Å². The molecule has 78 valence electrons. The summed E-state index contributed by atoms with van der Waals surface area (Å²) in [4.78, 5) is 0. The van der Waals surface area contributed by atoms with Gasteiger partial charge in [0, 0.05) is 14.9 Å². The Morgan fingerprint density at radius 3 is 1.47 bits per heavy atom. The van der Waals surface area contributed by atoms with Gasteiger partial charge in [0.15, 0.2) is 0 Å². The zero-order valence-electron chi connectivity index (χ0n) is 8.23. The molecule has 2 aromatic carbocycles. The van der Waals surface area contributed by atoms with Gasteiger partial charge in [-0.2, -0.15) is 0 Å². The van der Waals surface area contributed by atoms with Gasteiger partial charge in [-0.1, -0.05) is 18.2 Å². The van der Waals surface area contributed by atoms with Crippen molar-refractivity contribution < 1.29 is 0 Å². The van der Waals surface area contributed by atoms with Gasteiger partial charge in [-0.05, 0) is 59.0 Å². The molecule has 0 saturated carbocycles. The van der Waals surface area contributed by atoms with E-state index in [4.69, 9.17) is 11.5 Å². The maximum atomic E-state index is 5.42. The lowest BCUT2D eigenvalue weighted by Crippen LogP contribution is -1.81.